The van der Waals surface area contributed by atoms with Gasteiger partial charge in [0.05, 0.1) is 11.5 Å². The van der Waals surface area contributed by atoms with Crippen LogP contribution in [-0.2, 0) is 14.6 Å². The highest BCUT2D eigenvalue weighted by molar-refractivity contribution is 7.91. The number of alkyl halides is 3. The fourth-order valence-electron chi connectivity index (χ4n) is 3.16. The summed E-state index contributed by atoms with van der Waals surface area (Å²) in [6.07, 6.45) is -1.06. The largest absolute Gasteiger partial charge is 0.483 e. The molecule has 0 aliphatic carbocycles. The van der Waals surface area contributed by atoms with Crippen LogP contribution in [0.4, 0.5) is 18.0 Å². The lowest BCUT2D eigenvalue weighted by molar-refractivity contribution is -0.153. The number of rotatable bonds is 12. The molecule has 1 aliphatic rings. The van der Waals surface area contributed by atoms with Crippen molar-refractivity contribution in [1.29, 1.82) is 0 Å². The van der Waals surface area contributed by atoms with E-state index in [9.17, 15) is 31.2 Å². The zero-order valence-corrected chi connectivity index (χ0v) is 17.4. The van der Waals surface area contributed by atoms with Gasteiger partial charge in [0.2, 0.25) is 5.91 Å². The van der Waals surface area contributed by atoms with Crippen LogP contribution in [0.15, 0.2) is 12.3 Å². The van der Waals surface area contributed by atoms with E-state index in [2.05, 4.69) is 15.0 Å². The number of nitrogens with one attached hydrogen (secondary N) is 2. The molecule has 1 fully saturated rings. The second-order valence-electron chi connectivity index (χ2n) is 7.25. The summed E-state index contributed by atoms with van der Waals surface area (Å²) in [6, 6.07) is 0.973. The number of ether oxygens (including phenoxy) is 1. The summed E-state index contributed by atoms with van der Waals surface area (Å²) in [5.74, 6) is -0.844. The molecule has 1 aromatic rings. The lowest BCUT2D eigenvalue weighted by Gasteiger charge is -2.15. The van der Waals surface area contributed by atoms with Gasteiger partial charge in [0.15, 0.2) is 16.4 Å². The highest BCUT2D eigenvalue weighted by atomic mass is 32.2. The van der Waals surface area contributed by atoms with Crippen molar-refractivity contribution in [3.63, 3.8) is 0 Å². The molecule has 1 atom stereocenters. The van der Waals surface area contributed by atoms with Gasteiger partial charge in [-0.3, -0.25) is 10.1 Å². The number of nitrogens with zero attached hydrogens (tertiary/aromatic N) is 1. The Bertz CT molecular complexity index is 838. The number of H-pyrrole nitrogens is 1. The van der Waals surface area contributed by atoms with E-state index in [0.29, 0.717) is 37.9 Å². The van der Waals surface area contributed by atoms with Gasteiger partial charge in [-0.15, -0.1) is 0 Å². The SMILES string of the molecule is CCC(CS(=O)(=O)CCCCCN1CC(=O)NC1=O)c1cc(OCC(F)(F)F)c[nH]1. The second-order valence-corrected chi connectivity index (χ2v) is 9.48. The van der Waals surface area contributed by atoms with Crippen LogP contribution in [0.1, 0.15) is 44.2 Å². The van der Waals surface area contributed by atoms with Crippen molar-refractivity contribution >= 4 is 21.8 Å². The molecule has 3 amide bonds. The number of hydrogen-bond acceptors (Lipinski definition) is 5. The smallest absolute Gasteiger partial charge is 0.422 e. The molecule has 0 bridgehead atoms. The minimum absolute atomic E-state index is 0.0163. The standard InChI is InChI=1S/C18H26F3N3O5S/c1-2-13(15-8-14(9-22-15)29-12-18(19,20)21)11-30(27,28)7-5-3-4-6-24-10-16(25)23-17(24)26/h8-9,13,22H,2-7,10-12H2,1H3,(H,23,25,26). The number of carbonyl (C=O) groups excluding carboxylic acids is 2. The zero-order chi connectivity index (χ0) is 22.4. The van der Waals surface area contributed by atoms with Gasteiger partial charge in [0.1, 0.15) is 12.3 Å². The molecular weight excluding hydrogens is 427 g/mol. The normalized spacial score (nSPS) is 16.1. The number of carbonyl (C=O) groups is 2. The number of halogens is 3. The Morgan fingerprint density at radius 3 is 2.57 bits per heavy atom. The number of imide groups is 1. The average Bonchev–Trinajstić information content (AvgIpc) is 3.23. The van der Waals surface area contributed by atoms with Gasteiger partial charge < -0.3 is 14.6 Å². The number of sulfone groups is 1. The lowest BCUT2D eigenvalue weighted by Crippen LogP contribution is -2.29. The Kier molecular flexibility index (Phi) is 8.16. The topological polar surface area (TPSA) is 109 Å². The van der Waals surface area contributed by atoms with Crippen LogP contribution in [-0.4, -0.2) is 67.6 Å². The monoisotopic (exact) mass is 453 g/mol. The van der Waals surface area contributed by atoms with E-state index in [4.69, 9.17) is 0 Å². The first-order valence-corrected chi connectivity index (χ1v) is 11.5. The Balaban J connectivity index is 1.76. The number of unbranched alkanes of at least 4 members (excludes halogenated alkanes) is 2. The number of aromatic nitrogens is 1. The van der Waals surface area contributed by atoms with Crippen molar-refractivity contribution in [3.8, 4) is 5.75 Å². The van der Waals surface area contributed by atoms with E-state index in [1.807, 2.05) is 0 Å². The molecule has 2 heterocycles. The van der Waals surface area contributed by atoms with Crippen molar-refractivity contribution in [2.45, 2.75) is 44.7 Å². The van der Waals surface area contributed by atoms with Crippen molar-refractivity contribution < 1.29 is 35.9 Å². The zero-order valence-electron chi connectivity index (χ0n) is 16.6. The van der Waals surface area contributed by atoms with Crippen LogP contribution in [0, 0.1) is 0 Å². The Morgan fingerprint density at radius 1 is 1.23 bits per heavy atom. The Morgan fingerprint density at radius 2 is 1.97 bits per heavy atom. The Labute approximate surface area is 173 Å². The number of hydrogen-bond donors (Lipinski definition) is 2. The second kappa shape index (κ2) is 10.2. The van der Waals surface area contributed by atoms with Crippen molar-refractivity contribution in [2.24, 2.45) is 0 Å². The van der Waals surface area contributed by atoms with Crippen LogP contribution < -0.4 is 10.1 Å². The van der Waals surface area contributed by atoms with Crippen molar-refractivity contribution in [3.05, 3.63) is 18.0 Å². The van der Waals surface area contributed by atoms with Crippen molar-refractivity contribution in [2.75, 3.05) is 31.2 Å². The molecule has 0 radical (unpaired) electrons. The van der Waals surface area contributed by atoms with Gasteiger partial charge >= 0.3 is 12.2 Å². The predicted molar refractivity (Wildman–Crippen MR) is 103 cm³/mol. The maximum Gasteiger partial charge on any atom is 0.422 e. The molecule has 0 aromatic carbocycles. The third kappa shape index (κ3) is 7.88. The summed E-state index contributed by atoms with van der Waals surface area (Å²) in [5, 5.41) is 2.18. The number of amides is 3. The molecule has 8 nitrogen and oxygen atoms in total. The molecule has 1 aromatic heterocycles. The van der Waals surface area contributed by atoms with Gasteiger partial charge in [-0.2, -0.15) is 13.2 Å². The summed E-state index contributed by atoms with van der Waals surface area (Å²) in [5.41, 5.74) is 0.517. The van der Waals surface area contributed by atoms with E-state index < -0.39 is 28.7 Å². The first-order valence-electron chi connectivity index (χ1n) is 9.66. The Hall–Kier alpha value is -2.24. The van der Waals surface area contributed by atoms with Crippen LogP contribution >= 0.6 is 0 Å². The summed E-state index contributed by atoms with van der Waals surface area (Å²) in [6.45, 7) is 0.810. The summed E-state index contributed by atoms with van der Waals surface area (Å²) < 4.78 is 66.3. The highest BCUT2D eigenvalue weighted by Crippen LogP contribution is 2.26. The predicted octanol–water partition coefficient (Wildman–Crippen LogP) is 2.59. The lowest BCUT2D eigenvalue weighted by atomic mass is 10.1. The van der Waals surface area contributed by atoms with E-state index >= 15 is 0 Å². The molecule has 0 spiro atoms. The molecule has 0 saturated carbocycles. The van der Waals surface area contributed by atoms with Crippen LogP contribution in [0.2, 0.25) is 0 Å². The van der Waals surface area contributed by atoms with E-state index in [-0.39, 0.29) is 35.6 Å². The molecule has 30 heavy (non-hydrogen) atoms. The highest BCUT2D eigenvalue weighted by Gasteiger charge is 2.29. The molecule has 2 N–H and O–H groups in total. The van der Waals surface area contributed by atoms with Gasteiger partial charge in [0, 0.05) is 30.4 Å². The third-order valence-electron chi connectivity index (χ3n) is 4.72. The van der Waals surface area contributed by atoms with Crippen LogP contribution in [0.25, 0.3) is 0 Å². The maximum atomic E-state index is 12.4. The summed E-state index contributed by atoms with van der Waals surface area (Å²) in [4.78, 5) is 26.7. The van der Waals surface area contributed by atoms with Gasteiger partial charge in [-0.1, -0.05) is 13.3 Å². The fraction of sp³-hybridized carbons (Fsp3) is 0.667. The van der Waals surface area contributed by atoms with Gasteiger partial charge in [0.25, 0.3) is 0 Å². The number of urea groups is 1. The first kappa shape index (κ1) is 24.0. The number of aromatic amines is 1. The molecule has 170 valence electrons. The summed E-state index contributed by atoms with van der Waals surface area (Å²) in [7, 11) is -3.37. The minimum atomic E-state index is -4.45. The van der Waals surface area contributed by atoms with Gasteiger partial charge in [-0.05, 0) is 19.3 Å². The van der Waals surface area contributed by atoms with Crippen LogP contribution in [0.5, 0.6) is 5.75 Å². The van der Waals surface area contributed by atoms with E-state index in [0.717, 1.165) is 0 Å². The van der Waals surface area contributed by atoms with Crippen LogP contribution in [0.3, 0.4) is 0 Å². The van der Waals surface area contributed by atoms with Gasteiger partial charge in [-0.25, -0.2) is 13.2 Å². The third-order valence-corrected chi connectivity index (χ3v) is 6.54. The quantitative estimate of drug-likeness (QED) is 0.374. The molecule has 2 rings (SSSR count). The fourth-order valence-corrected chi connectivity index (χ4v) is 5.00. The molecule has 1 saturated heterocycles. The maximum absolute atomic E-state index is 12.4. The van der Waals surface area contributed by atoms with Crippen molar-refractivity contribution in [1.82, 2.24) is 15.2 Å². The first-order chi connectivity index (χ1) is 14.0. The average molecular weight is 453 g/mol. The molecule has 1 unspecified atom stereocenters. The minimum Gasteiger partial charge on any atom is -0.483 e. The summed E-state index contributed by atoms with van der Waals surface area (Å²) >= 11 is 0. The van der Waals surface area contributed by atoms with E-state index in [1.165, 1.54) is 17.2 Å². The molecule has 1 aliphatic heterocycles. The molecular formula is C18H26F3N3O5S. The van der Waals surface area contributed by atoms with E-state index in [1.54, 1.807) is 6.92 Å². The molecule has 12 heteroatoms.